The highest BCUT2D eigenvalue weighted by Crippen LogP contribution is 2.28. The summed E-state index contributed by atoms with van der Waals surface area (Å²) < 4.78 is 0. The van der Waals surface area contributed by atoms with Crippen molar-refractivity contribution in [3.8, 4) is 10.6 Å². The number of hydrogen-bond acceptors (Lipinski definition) is 5. The van der Waals surface area contributed by atoms with Crippen LogP contribution < -0.4 is 10.6 Å². The number of aryl methyl sites for hydroxylation is 3. The molecule has 1 aromatic heterocycles. The Morgan fingerprint density at radius 1 is 1.03 bits per heavy atom. The van der Waals surface area contributed by atoms with Crippen molar-refractivity contribution in [2.75, 3.05) is 17.2 Å². The second kappa shape index (κ2) is 8.85. The smallest absolute Gasteiger partial charge is 0.312 e. The highest BCUT2D eigenvalue weighted by molar-refractivity contribution is 7.18. The number of aromatic nitrogens is 2. The molecule has 1 saturated heterocycles. The number of carbonyl (C=O) groups excluding carboxylic acids is 2. The molecule has 1 unspecified atom stereocenters. The number of rotatable bonds is 4. The fourth-order valence-electron chi connectivity index (χ4n) is 3.65. The molecule has 1 aliphatic rings. The third-order valence-corrected chi connectivity index (χ3v) is 6.38. The summed E-state index contributed by atoms with van der Waals surface area (Å²) in [6.45, 7) is 6.59. The lowest BCUT2D eigenvalue weighted by Gasteiger charge is -2.24. The molecular weight excluding hydrogens is 410 g/mol. The van der Waals surface area contributed by atoms with Crippen LogP contribution in [-0.2, 0) is 4.79 Å². The molecule has 2 heterocycles. The Hall–Kier alpha value is -3.26. The number of carbonyl (C=O) groups is 2. The first-order chi connectivity index (χ1) is 14.9. The van der Waals surface area contributed by atoms with Crippen LogP contribution in [0.3, 0.4) is 0 Å². The van der Waals surface area contributed by atoms with Crippen molar-refractivity contribution in [3.63, 3.8) is 0 Å². The minimum atomic E-state index is -0.530. The summed E-state index contributed by atoms with van der Waals surface area (Å²) in [6, 6.07) is 13.0. The van der Waals surface area contributed by atoms with Crippen LogP contribution in [0, 0.1) is 20.8 Å². The molecule has 2 N–H and O–H groups in total. The second-order valence-electron chi connectivity index (χ2n) is 7.85. The number of urea groups is 1. The van der Waals surface area contributed by atoms with Crippen LogP contribution in [-0.4, -0.2) is 39.6 Å². The first kappa shape index (κ1) is 21.0. The molecule has 0 radical (unpaired) electrons. The fraction of sp³-hybridized carbons (Fsp3) is 0.304. The molecule has 0 bridgehead atoms. The number of amides is 3. The zero-order chi connectivity index (χ0) is 22.0. The zero-order valence-corrected chi connectivity index (χ0v) is 18.6. The van der Waals surface area contributed by atoms with Crippen LogP contribution in [0.25, 0.3) is 10.6 Å². The Morgan fingerprint density at radius 3 is 2.65 bits per heavy atom. The van der Waals surface area contributed by atoms with Gasteiger partial charge in [-0.25, -0.2) is 4.79 Å². The molecule has 1 aliphatic heterocycles. The van der Waals surface area contributed by atoms with Crippen molar-refractivity contribution in [1.29, 1.82) is 0 Å². The van der Waals surface area contributed by atoms with Crippen LogP contribution in [0.15, 0.2) is 42.5 Å². The molecule has 0 spiro atoms. The monoisotopic (exact) mass is 435 g/mol. The van der Waals surface area contributed by atoms with Gasteiger partial charge in [-0.1, -0.05) is 41.2 Å². The molecule has 7 nitrogen and oxygen atoms in total. The highest BCUT2D eigenvalue weighted by atomic mass is 32.1. The average molecular weight is 436 g/mol. The molecule has 1 fully saturated rings. The maximum absolute atomic E-state index is 12.9. The van der Waals surface area contributed by atoms with Gasteiger partial charge in [0.1, 0.15) is 11.0 Å². The molecule has 8 heteroatoms. The largest absolute Gasteiger partial charge is 0.322 e. The Labute approximate surface area is 185 Å². The van der Waals surface area contributed by atoms with Crippen molar-refractivity contribution in [2.24, 2.45) is 0 Å². The normalized spacial score (nSPS) is 15.7. The topological polar surface area (TPSA) is 87.2 Å². The van der Waals surface area contributed by atoms with Gasteiger partial charge in [0, 0.05) is 17.8 Å². The van der Waals surface area contributed by atoms with Gasteiger partial charge in [0.25, 0.3) is 0 Å². The van der Waals surface area contributed by atoms with E-state index in [1.54, 1.807) is 4.90 Å². The first-order valence-electron chi connectivity index (χ1n) is 10.3. The summed E-state index contributed by atoms with van der Waals surface area (Å²) in [5.74, 6) is -0.236. The van der Waals surface area contributed by atoms with E-state index >= 15 is 0 Å². The molecule has 3 amide bonds. The zero-order valence-electron chi connectivity index (χ0n) is 17.8. The average Bonchev–Trinajstić information content (AvgIpc) is 3.40. The Bertz CT molecular complexity index is 1130. The molecule has 160 valence electrons. The van der Waals surface area contributed by atoms with E-state index in [1.165, 1.54) is 16.9 Å². The van der Waals surface area contributed by atoms with E-state index in [0.717, 1.165) is 33.8 Å². The van der Waals surface area contributed by atoms with Crippen molar-refractivity contribution >= 4 is 34.1 Å². The van der Waals surface area contributed by atoms with E-state index in [0.29, 0.717) is 18.1 Å². The summed E-state index contributed by atoms with van der Waals surface area (Å²) in [5, 5.41) is 15.2. The number of nitrogens with zero attached hydrogens (tertiary/aromatic N) is 3. The van der Waals surface area contributed by atoms with Gasteiger partial charge in [0.15, 0.2) is 0 Å². The van der Waals surface area contributed by atoms with Gasteiger partial charge in [-0.15, -0.1) is 10.2 Å². The van der Waals surface area contributed by atoms with Crippen molar-refractivity contribution in [2.45, 2.75) is 39.7 Å². The van der Waals surface area contributed by atoms with Gasteiger partial charge >= 0.3 is 6.03 Å². The maximum atomic E-state index is 12.9. The molecule has 3 aromatic rings. The van der Waals surface area contributed by atoms with E-state index in [2.05, 4.69) is 20.8 Å². The lowest BCUT2D eigenvalue weighted by Crippen LogP contribution is -2.45. The molecule has 1 atom stereocenters. The molecule has 0 aliphatic carbocycles. The molecular formula is C23H25N5O2S. The Balaban J connectivity index is 1.42. The lowest BCUT2D eigenvalue weighted by molar-refractivity contribution is -0.119. The van der Waals surface area contributed by atoms with Crippen LogP contribution in [0.4, 0.5) is 15.6 Å². The van der Waals surface area contributed by atoms with E-state index in [9.17, 15) is 9.59 Å². The Morgan fingerprint density at radius 2 is 1.87 bits per heavy atom. The van der Waals surface area contributed by atoms with E-state index in [-0.39, 0.29) is 11.9 Å². The first-order valence-corrected chi connectivity index (χ1v) is 11.1. The van der Waals surface area contributed by atoms with Gasteiger partial charge in [0.05, 0.1) is 0 Å². The van der Waals surface area contributed by atoms with Gasteiger partial charge in [0.2, 0.25) is 11.0 Å². The van der Waals surface area contributed by atoms with E-state index in [4.69, 9.17) is 0 Å². The predicted molar refractivity (Wildman–Crippen MR) is 123 cm³/mol. The van der Waals surface area contributed by atoms with E-state index in [1.807, 2.05) is 63.2 Å². The molecule has 0 saturated carbocycles. The van der Waals surface area contributed by atoms with Crippen molar-refractivity contribution < 1.29 is 9.59 Å². The molecule has 2 aromatic carbocycles. The number of likely N-dealkylation sites (tertiary alicyclic amines) is 1. The number of hydrogen-bond donors (Lipinski definition) is 2. The summed E-state index contributed by atoms with van der Waals surface area (Å²) in [4.78, 5) is 27.3. The van der Waals surface area contributed by atoms with Crippen LogP contribution in [0.1, 0.15) is 29.5 Å². The molecule has 4 rings (SSSR count). The van der Waals surface area contributed by atoms with E-state index < -0.39 is 6.04 Å². The van der Waals surface area contributed by atoms with Crippen LogP contribution in [0.2, 0.25) is 0 Å². The predicted octanol–water partition coefficient (Wildman–Crippen LogP) is 4.77. The number of benzene rings is 2. The highest BCUT2D eigenvalue weighted by Gasteiger charge is 2.34. The van der Waals surface area contributed by atoms with Crippen molar-refractivity contribution in [3.05, 3.63) is 59.2 Å². The summed E-state index contributed by atoms with van der Waals surface area (Å²) in [5.41, 5.74) is 5.10. The van der Waals surface area contributed by atoms with Crippen LogP contribution in [0.5, 0.6) is 0 Å². The number of anilines is 2. The minimum Gasteiger partial charge on any atom is -0.312 e. The summed E-state index contributed by atoms with van der Waals surface area (Å²) in [7, 11) is 0. The van der Waals surface area contributed by atoms with Gasteiger partial charge in [-0.3, -0.25) is 10.1 Å². The Kier molecular flexibility index (Phi) is 5.99. The quantitative estimate of drug-likeness (QED) is 0.618. The summed E-state index contributed by atoms with van der Waals surface area (Å²) in [6.07, 6.45) is 1.40. The SMILES string of the molecule is Cc1cccc(-c2nnc(NC(=O)C3CCCN3C(=O)Nc3ccc(C)c(C)c3)s2)c1. The van der Waals surface area contributed by atoms with Gasteiger partial charge in [-0.05, 0) is 62.9 Å². The fourth-order valence-corrected chi connectivity index (χ4v) is 4.40. The molecule has 31 heavy (non-hydrogen) atoms. The summed E-state index contributed by atoms with van der Waals surface area (Å²) >= 11 is 1.32. The maximum Gasteiger partial charge on any atom is 0.322 e. The standard InChI is InChI=1S/C23H25N5O2S/c1-14-6-4-7-17(12-14)21-26-27-22(31-21)25-20(29)19-8-5-11-28(19)23(30)24-18-10-9-15(2)16(3)13-18/h4,6-7,9-10,12-13,19H,5,8,11H2,1-3H3,(H,24,30)(H,25,27,29). The third-order valence-electron chi connectivity index (χ3n) is 5.49. The van der Waals surface area contributed by atoms with Crippen molar-refractivity contribution in [1.82, 2.24) is 15.1 Å². The third kappa shape index (κ3) is 4.74. The lowest BCUT2D eigenvalue weighted by atomic mass is 10.1. The minimum absolute atomic E-state index is 0.236. The van der Waals surface area contributed by atoms with Gasteiger partial charge < -0.3 is 10.2 Å². The number of nitrogens with one attached hydrogen (secondary N) is 2. The second-order valence-corrected chi connectivity index (χ2v) is 8.83. The van der Waals surface area contributed by atoms with Gasteiger partial charge in [-0.2, -0.15) is 0 Å². The van der Waals surface area contributed by atoms with Crippen LogP contribution >= 0.6 is 11.3 Å².